The number of hydrogen-bond acceptors (Lipinski definition) is 2. The zero-order valence-corrected chi connectivity index (χ0v) is 7.85. The van der Waals surface area contributed by atoms with Crippen LogP contribution in [-0.2, 0) is 4.74 Å². The molecule has 0 bridgehead atoms. The van der Waals surface area contributed by atoms with Gasteiger partial charge in [0.1, 0.15) is 0 Å². The zero-order chi connectivity index (χ0) is 9.03. The van der Waals surface area contributed by atoms with Gasteiger partial charge in [-0.2, -0.15) is 0 Å². The molecule has 70 valence electrons. The van der Waals surface area contributed by atoms with Gasteiger partial charge >= 0.3 is 6.09 Å². The normalized spacial score (nSPS) is 18.5. The summed E-state index contributed by atoms with van der Waals surface area (Å²) in [6.07, 6.45) is 3.91. The minimum Gasteiger partial charge on any atom is -0.450 e. The van der Waals surface area contributed by atoms with E-state index < -0.39 is 0 Å². The fourth-order valence-corrected chi connectivity index (χ4v) is 0.904. The van der Waals surface area contributed by atoms with E-state index in [2.05, 4.69) is 12.2 Å². The van der Waals surface area contributed by atoms with E-state index >= 15 is 0 Å². The number of nitrogens with one attached hydrogen (secondary N) is 1. The second kappa shape index (κ2) is 3.78. The highest BCUT2D eigenvalue weighted by atomic mass is 16.5. The Balaban J connectivity index is 2.04. The van der Waals surface area contributed by atoms with E-state index in [9.17, 15) is 4.79 Å². The lowest BCUT2D eigenvalue weighted by Crippen LogP contribution is -2.34. The first-order valence-corrected chi connectivity index (χ1v) is 4.61. The fourth-order valence-electron chi connectivity index (χ4n) is 0.904. The Morgan fingerprint density at radius 3 is 2.75 bits per heavy atom. The number of rotatable bonds is 4. The molecule has 12 heavy (non-hydrogen) atoms. The summed E-state index contributed by atoms with van der Waals surface area (Å²) in [6, 6.07) is 0. The van der Waals surface area contributed by atoms with Crippen LogP contribution in [0.3, 0.4) is 0 Å². The first kappa shape index (κ1) is 9.36. The molecule has 0 spiro atoms. The van der Waals surface area contributed by atoms with Crippen LogP contribution in [0.5, 0.6) is 0 Å². The Bertz CT molecular complexity index is 164. The standard InChI is InChI=1S/C9H17NO2/c1-3-4-7-12-8(11)10-9(2)5-6-9/h3-7H2,1-2H3,(H,10,11). The van der Waals surface area contributed by atoms with Crippen LogP contribution >= 0.6 is 0 Å². The first-order valence-electron chi connectivity index (χ1n) is 4.61. The maximum atomic E-state index is 11.0. The molecule has 0 aromatic heterocycles. The molecule has 0 aliphatic heterocycles. The van der Waals surface area contributed by atoms with Gasteiger partial charge in [-0.15, -0.1) is 0 Å². The molecule has 1 aliphatic rings. The maximum absolute atomic E-state index is 11.0. The number of ether oxygens (including phenoxy) is 1. The third-order valence-electron chi connectivity index (χ3n) is 2.13. The van der Waals surface area contributed by atoms with Crippen LogP contribution in [0, 0.1) is 0 Å². The van der Waals surface area contributed by atoms with Gasteiger partial charge < -0.3 is 10.1 Å². The smallest absolute Gasteiger partial charge is 0.407 e. The third kappa shape index (κ3) is 3.11. The molecular formula is C9H17NO2. The second-order valence-corrected chi connectivity index (χ2v) is 3.68. The van der Waals surface area contributed by atoms with Gasteiger partial charge in [-0.3, -0.25) is 0 Å². The van der Waals surface area contributed by atoms with Crippen LogP contribution in [0.4, 0.5) is 4.79 Å². The summed E-state index contributed by atoms with van der Waals surface area (Å²) in [4.78, 5) is 11.0. The summed E-state index contributed by atoms with van der Waals surface area (Å²) in [7, 11) is 0. The molecule has 0 heterocycles. The van der Waals surface area contributed by atoms with Crippen LogP contribution in [0.25, 0.3) is 0 Å². The Labute approximate surface area is 73.5 Å². The van der Waals surface area contributed by atoms with Crippen molar-refractivity contribution in [2.75, 3.05) is 6.61 Å². The lowest BCUT2D eigenvalue weighted by Gasteiger charge is -2.11. The molecule has 1 saturated carbocycles. The van der Waals surface area contributed by atoms with E-state index in [4.69, 9.17) is 4.74 Å². The predicted octanol–water partition coefficient (Wildman–Crippen LogP) is 2.07. The van der Waals surface area contributed by atoms with Crippen molar-refractivity contribution < 1.29 is 9.53 Å². The van der Waals surface area contributed by atoms with E-state index in [0.717, 1.165) is 25.7 Å². The Morgan fingerprint density at radius 2 is 2.25 bits per heavy atom. The topological polar surface area (TPSA) is 38.3 Å². The molecule has 3 heteroatoms. The third-order valence-corrected chi connectivity index (χ3v) is 2.13. The van der Waals surface area contributed by atoms with Crippen LogP contribution < -0.4 is 5.32 Å². The van der Waals surface area contributed by atoms with Crippen molar-refractivity contribution in [2.24, 2.45) is 0 Å². The number of alkyl carbamates (subject to hydrolysis) is 1. The maximum Gasteiger partial charge on any atom is 0.407 e. The minimum atomic E-state index is -0.261. The lowest BCUT2D eigenvalue weighted by atomic mass is 10.3. The number of amides is 1. The molecule has 1 aliphatic carbocycles. The highest BCUT2D eigenvalue weighted by Crippen LogP contribution is 2.34. The predicted molar refractivity (Wildman–Crippen MR) is 47.0 cm³/mol. The summed E-state index contributed by atoms with van der Waals surface area (Å²) in [5, 5.41) is 2.83. The highest BCUT2D eigenvalue weighted by molar-refractivity contribution is 5.68. The fraction of sp³-hybridized carbons (Fsp3) is 0.889. The molecule has 0 aromatic rings. The number of unbranched alkanes of at least 4 members (excludes halogenated alkanes) is 1. The summed E-state index contributed by atoms with van der Waals surface area (Å²) >= 11 is 0. The van der Waals surface area contributed by atoms with Gasteiger partial charge in [-0.25, -0.2) is 4.79 Å². The molecular weight excluding hydrogens is 154 g/mol. The largest absolute Gasteiger partial charge is 0.450 e. The average molecular weight is 171 g/mol. The van der Waals surface area contributed by atoms with Crippen LogP contribution in [0.2, 0.25) is 0 Å². The van der Waals surface area contributed by atoms with Crippen molar-refractivity contribution in [3.8, 4) is 0 Å². The van der Waals surface area contributed by atoms with E-state index in [0.29, 0.717) is 6.61 Å². The first-order chi connectivity index (χ1) is 5.66. The van der Waals surface area contributed by atoms with E-state index in [1.165, 1.54) is 0 Å². The van der Waals surface area contributed by atoms with Crippen LogP contribution in [0.15, 0.2) is 0 Å². The zero-order valence-electron chi connectivity index (χ0n) is 7.85. The van der Waals surface area contributed by atoms with E-state index in [1.807, 2.05) is 6.92 Å². The number of carbonyl (C=O) groups excluding carboxylic acids is 1. The van der Waals surface area contributed by atoms with E-state index in [-0.39, 0.29) is 11.6 Å². The molecule has 0 unspecified atom stereocenters. The van der Waals surface area contributed by atoms with Gasteiger partial charge in [-0.1, -0.05) is 13.3 Å². The Morgan fingerprint density at radius 1 is 1.58 bits per heavy atom. The molecule has 1 N–H and O–H groups in total. The lowest BCUT2D eigenvalue weighted by molar-refractivity contribution is 0.140. The molecule has 1 amide bonds. The van der Waals surface area contributed by atoms with Crippen molar-refractivity contribution in [3.05, 3.63) is 0 Å². The molecule has 0 aromatic carbocycles. The quantitative estimate of drug-likeness (QED) is 0.657. The van der Waals surface area contributed by atoms with Crippen LogP contribution in [-0.4, -0.2) is 18.2 Å². The van der Waals surface area contributed by atoms with Crippen molar-refractivity contribution in [1.82, 2.24) is 5.32 Å². The SMILES string of the molecule is CCCCOC(=O)NC1(C)CC1. The second-order valence-electron chi connectivity index (χ2n) is 3.68. The highest BCUT2D eigenvalue weighted by Gasteiger charge is 2.39. The van der Waals surface area contributed by atoms with Crippen molar-refractivity contribution in [2.45, 2.75) is 45.1 Å². The molecule has 1 fully saturated rings. The van der Waals surface area contributed by atoms with Crippen LogP contribution in [0.1, 0.15) is 39.5 Å². The van der Waals surface area contributed by atoms with Crippen molar-refractivity contribution in [3.63, 3.8) is 0 Å². The monoisotopic (exact) mass is 171 g/mol. The van der Waals surface area contributed by atoms with Gasteiger partial charge in [0.2, 0.25) is 0 Å². The summed E-state index contributed by atoms with van der Waals surface area (Å²) in [5.74, 6) is 0. The Kier molecular flexibility index (Phi) is 2.95. The summed E-state index contributed by atoms with van der Waals surface area (Å²) in [6.45, 7) is 4.65. The van der Waals surface area contributed by atoms with Crippen molar-refractivity contribution >= 4 is 6.09 Å². The van der Waals surface area contributed by atoms with Gasteiger partial charge in [0.25, 0.3) is 0 Å². The molecule has 0 radical (unpaired) electrons. The summed E-state index contributed by atoms with van der Waals surface area (Å²) < 4.78 is 4.95. The minimum absolute atomic E-state index is 0.0449. The van der Waals surface area contributed by atoms with Gasteiger partial charge in [-0.05, 0) is 26.2 Å². The van der Waals surface area contributed by atoms with Gasteiger partial charge in [0.05, 0.1) is 6.61 Å². The molecule has 0 saturated heterocycles. The van der Waals surface area contributed by atoms with Gasteiger partial charge in [0.15, 0.2) is 0 Å². The number of carbonyl (C=O) groups is 1. The van der Waals surface area contributed by atoms with Gasteiger partial charge in [0, 0.05) is 5.54 Å². The van der Waals surface area contributed by atoms with Crippen molar-refractivity contribution in [1.29, 1.82) is 0 Å². The van der Waals surface area contributed by atoms with E-state index in [1.54, 1.807) is 0 Å². The molecule has 0 atom stereocenters. The number of hydrogen-bond donors (Lipinski definition) is 1. The molecule has 3 nitrogen and oxygen atoms in total. The average Bonchev–Trinajstić information content (AvgIpc) is 2.68. The molecule has 1 rings (SSSR count). The Hall–Kier alpha value is -0.730. The summed E-state index contributed by atoms with van der Waals surface area (Å²) in [5.41, 5.74) is 0.0449.